The monoisotopic (exact) mass is 228 g/mol. The van der Waals surface area contributed by atoms with Gasteiger partial charge < -0.3 is 15.4 Å². The Kier molecular flexibility index (Phi) is 5.22. The fourth-order valence-electron chi connectivity index (χ4n) is 2.33. The lowest BCUT2D eigenvalue weighted by atomic mass is 9.94. The van der Waals surface area contributed by atoms with Crippen LogP contribution in [0.25, 0.3) is 0 Å². The van der Waals surface area contributed by atoms with Crippen LogP contribution in [-0.2, 0) is 9.53 Å². The van der Waals surface area contributed by atoms with Gasteiger partial charge in [-0.3, -0.25) is 4.79 Å². The van der Waals surface area contributed by atoms with Crippen LogP contribution in [0, 0.1) is 0 Å². The highest BCUT2D eigenvalue weighted by Gasteiger charge is 2.32. The highest BCUT2D eigenvalue weighted by Crippen LogP contribution is 2.30. The number of carbonyl (C=O) groups is 1. The van der Waals surface area contributed by atoms with Gasteiger partial charge >= 0.3 is 0 Å². The standard InChI is InChI=1S/C12H24N2O2/c1-3-14(8-9-16-2)11(15)10-12(13)6-4-5-7-12/h3-10,13H2,1-2H3. The fraction of sp³-hybridized carbons (Fsp3) is 0.917. The van der Waals surface area contributed by atoms with Gasteiger partial charge in [0, 0.05) is 32.2 Å². The highest BCUT2D eigenvalue weighted by atomic mass is 16.5. The highest BCUT2D eigenvalue weighted by molar-refractivity contribution is 5.77. The van der Waals surface area contributed by atoms with Gasteiger partial charge in [0.1, 0.15) is 0 Å². The molecule has 0 bridgehead atoms. The number of hydrogen-bond donors (Lipinski definition) is 1. The fourth-order valence-corrected chi connectivity index (χ4v) is 2.33. The molecule has 0 aromatic rings. The zero-order valence-corrected chi connectivity index (χ0v) is 10.5. The quantitative estimate of drug-likeness (QED) is 0.742. The first-order chi connectivity index (χ1) is 7.61. The van der Waals surface area contributed by atoms with E-state index in [0.717, 1.165) is 32.2 Å². The molecule has 1 aliphatic carbocycles. The number of amides is 1. The van der Waals surface area contributed by atoms with Crippen molar-refractivity contribution in [2.45, 2.75) is 44.6 Å². The second-order valence-electron chi connectivity index (χ2n) is 4.71. The second kappa shape index (κ2) is 6.21. The van der Waals surface area contributed by atoms with Crippen molar-refractivity contribution in [2.24, 2.45) is 5.73 Å². The number of likely N-dealkylation sites (N-methyl/N-ethyl adjacent to an activating group) is 1. The van der Waals surface area contributed by atoms with E-state index in [0.29, 0.717) is 19.6 Å². The number of hydrogen-bond acceptors (Lipinski definition) is 3. The van der Waals surface area contributed by atoms with Gasteiger partial charge in [0.15, 0.2) is 0 Å². The van der Waals surface area contributed by atoms with Gasteiger partial charge in [0.25, 0.3) is 0 Å². The molecule has 0 aliphatic heterocycles. The van der Waals surface area contributed by atoms with E-state index in [1.807, 2.05) is 11.8 Å². The molecule has 0 saturated heterocycles. The molecule has 0 heterocycles. The largest absolute Gasteiger partial charge is 0.383 e. The summed E-state index contributed by atoms with van der Waals surface area (Å²) in [6.45, 7) is 3.99. The van der Waals surface area contributed by atoms with Crippen LogP contribution < -0.4 is 5.73 Å². The van der Waals surface area contributed by atoms with Gasteiger partial charge in [-0.1, -0.05) is 12.8 Å². The van der Waals surface area contributed by atoms with Crippen molar-refractivity contribution >= 4 is 5.91 Å². The lowest BCUT2D eigenvalue weighted by Crippen LogP contribution is -2.44. The Labute approximate surface area is 98.1 Å². The van der Waals surface area contributed by atoms with Crippen LogP contribution in [0.1, 0.15) is 39.0 Å². The Morgan fingerprint density at radius 1 is 1.44 bits per heavy atom. The van der Waals surface area contributed by atoms with E-state index in [4.69, 9.17) is 10.5 Å². The Morgan fingerprint density at radius 2 is 2.06 bits per heavy atom. The van der Waals surface area contributed by atoms with E-state index < -0.39 is 0 Å². The van der Waals surface area contributed by atoms with E-state index in [2.05, 4.69) is 0 Å². The smallest absolute Gasteiger partial charge is 0.224 e. The third kappa shape index (κ3) is 3.76. The SMILES string of the molecule is CCN(CCOC)C(=O)CC1(N)CCCC1. The van der Waals surface area contributed by atoms with Crippen molar-refractivity contribution in [2.75, 3.05) is 26.8 Å². The summed E-state index contributed by atoms with van der Waals surface area (Å²) in [6.07, 6.45) is 4.79. The van der Waals surface area contributed by atoms with Crippen LogP contribution in [0.3, 0.4) is 0 Å². The maximum Gasteiger partial charge on any atom is 0.224 e. The Bertz CT molecular complexity index is 225. The van der Waals surface area contributed by atoms with E-state index in [-0.39, 0.29) is 11.4 Å². The Hall–Kier alpha value is -0.610. The molecule has 0 aromatic heterocycles. The van der Waals surface area contributed by atoms with Crippen LogP contribution in [-0.4, -0.2) is 43.2 Å². The molecule has 16 heavy (non-hydrogen) atoms. The Balaban J connectivity index is 2.42. The van der Waals surface area contributed by atoms with Crippen molar-refractivity contribution in [1.82, 2.24) is 4.90 Å². The minimum absolute atomic E-state index is 0.170. The van der Waals surface area contributed by atoms with Crippen molar-refractivity contribution < 1.29 is 9.53 Å². The zero-order valence-electron chi connectivity index (χ0n) is 10.5. The third-order valence-corrected chi connectivity index (χ3v) is 3.40. The van der Waals surface area contributed by atoms with Crippen LogP contribution >= 0.6 is 0 Å². The molecule has 1 aliphatic rings. The molecule has 0 atom stereocenters. The molecule has 0 aromatic carbocycles. The van der Waals surface area contributed by atoms with E-state index in [1.165, 1.54) is 0 Å². The van der Waals surface area contributed by atoms with Crippen molar-refractivity contribution in [3.63, 3.8) is 0 Å². The number of rotatable bonds is 6. The maximum atomic E-state index is 12.0. The van der Waals surface area contributed by atoms with Crippen molar-refractivity contribution in [3.05, 3.63) is 0 Å². The van der Waals surface area contributed by atoms with Gasteiger partial charge in [-0.05, 0) is 19.8 Å². The van der Waals surface area contributed by atoms with Gasteiger partial charge in [-0.25, -0.2) is 0 Å². The van der Waals surface area contributed by atoms with Crippen molar-refractivity contribution in [3.8, 4) is 0 Å². The number of methoxy groups -OCH3 is 1. The molecule has 4 heteroatoms. The summed E-state index contributed by atoms with van der Waals surface area (Å²) in [5, 5.41) is 0. The van der Waals surface area contributed by atoms with Crippen LogP contribution in [0.5, 0.6) is 0 Å². The predicted octanol–water partition coefficient (Wildman–Crippen LogP) is 1.14. The summed E-state index contributed by atoms with van der Waals surface area (Å²) < 4.78 is 4.99. The third-order valence-electron chi connectivity index (χ3n) is 3.40. The second-order valence-corrected chi connectivity index (χ2v) is 4.71. The lowest BCUT2D eigenvalue weighted by molar-refractivity contribution is -0.132. The van der Waals surface area contributed by atoms with Gasteiger partial charge in [0.2, 0.25) is 5.91 Å². The van der Waals surface area contributed by atoms with Crippen LogP contribution in [0.4, 0.5) is 0 Å². The molecule has 94 valence electrons. The maximum absolute atomic E-state index is 12.0. The first-order valence-corrected chi connectivity index (χ1v) is 6.17. The molecule has 1 fully saturated rings. The summed E-state index contributed by atoms with van der Waals surface area (Å²) in [5.74, 6) is 0.170. The molecule has 1 saturated carbocycles. The lowest BCUT2D eigenvalue weighted by Gasteiger charge is -2.27. The van der Waals surface area contributed by atoms with Crippen LogP contribution in [0.15, 0.2) is 0 Å². The van der Waals surface area contributed by atoms with Gasteiger partial charge in [-0.2, -0.15) is 0 Å². The summed E-state index contributed by atoms with van der Waals surface area (Å²) >= 11 is 0. The normalized spacial score (nSPS) is 18.7. The first kappa shape index (κ1) is 13.5. The molecular formula is C12H24N2O2. The number of nitrogens with two attached hydrogens (primary N) is 1. The van der Waals surface area contributed by atoms with E-state index in [9.17, 15) is 4.79 Å². The van der Waals surface area contributed by atoms with Gasteiger partial charge in [0.05, 0.1) is 6.61 Å². The topological polar surface area (TPSA) is 55.6 Å². The molecular weight excluding hydrogens is 204 g/mol. The summed E-state index contributed by atoms with van der Waals surface area (Å²) in [7, 11) is 1.65. The number of ether oxygens (including phenoxy) is 1. The zero-order chi connectivity index (χ0) is 12.0. The summed E-state index contributed by atoms with van der Waals surface area (Å²) in [6, 6.07) is 0. The van der Waals surface area contributed by atoms with E-state index >= 15 is 0 Å². The molecule has 1 amide bonds. The summed E-state index contributed by atoms with van der Waals surface area (Å²) in [4.78, 5) is 13.9. The predicted molar refractivity (Wildman–Crippen MR) is 64.1 cm³/mol. The minimum Gasteiger partial charge on any atom is -0.383 e. The van der Waals surface area contributed by atoms with E-state index in [1.54, 1.807) is 7.11 Å². The number of nitrogens with zero attached hydrogens (tertiary/aromatic N) is 1. The molecule has 2 N–H and O–H groups in total. The molecule has 0 radical (unpaired) electrons. The molecule has 4 nitrogen and oxygen atoms in total. The van der Waals surface area contributed by atoms with Gasteiger partial charge in [-0.15, -0.1) is 0 Å². The first-order valence-electron chi connectivity index (χ1n) is 6.17. The molecule has 1 rings (SSSR count). The summed E-state index contributed by atoms with van der Waals surface area (Å²) in [5.41, 5.74) is 5.96. The van der Waals surface area contributed by atoms with Crippen molar-refractivity contribution in [1.29, 1.82) is 0 Å². The average Bonchev–Trinajstić information content (AvgIpc) is 2.66. The minimum atomic E-state index is -0.239. The average molecular weight is 228 g/mol. The molecule has 0 spiro atoms. The Morgan fingerprint density at radius 3 is 2.56 bits per heavy atom. The number of carbonyl (C=O) groups excluding carboxylic acids is 1. The van der Waals surface area contributed by atoms with Crippen LogP contribution in [0.2, 0.25) is 0 Å². The molecule has 0 unspecified atom stereocenters.